The van der Waals surface area contributed by atoms with Crippen molar-refractivity contribution in [2.24, 2.45) is 0 Å². The van der Waals surface area contributed by atoms with Gasteiger partial charge in [-0.25, -0.2) is 0 Å². The number of rotatable bonds is 2. The average Bonchev–Trinajstić information content (AvgIpc) is 2.39. The minimum Gasteiger partial charge on any atom is -0.321 e. The zero-order chi connectivity index (χ0) is 15.6. The van der Waals surface area contributed by atoms with Gasteiger partial charge in [-0.15, -0.1) is 0 Å². The molecule has 0 atom stereocenters. The fraction of sp³-hybridized carbons (Fsp3) is 0.0714. The summed E-state index contributed by atoms with van der Waals surface area (Å²) in [4.78, 5) is 12.0. The van der Waals surface area contributed by atoms with E-state index in [0.29, 0.717) is 9.13 Å². The van der Waals surface area contributed by atoms with Crippen LogP contribution in [0.1, 0.15) is 15.9 Å². The Balaban J connectivity index is 2.34. The molecule has 0 fully saturated rings. The lowest BCUT2D eigenvalue weighted by atomic mass is 10.1. The number of nitrogens with one attached hydrogen (secondary N) is 1. The molecule has 0 saturated carbocycles. The SMILES string of the molecule is O=C(Nc1ccc(I)cc1C(F)(F)F)c1cccc(I)c1. The molecule has 2 aromatic rings. The standard InChI is InChI=1S/C14H8F3I2NO/c15-14(16,17)11-7-10(19)4-5-12(11)20-13(21)8-2-1-3-9(18)6-8/h1-7H,(H,20,21). The van der Waals surface area contributed by atoms with Gasteiger partial charge in [-0.2, -0.15) is 13.2 Å². The van der Waals surface area contributed by atoms with Crippen LogP contribution in [0.25, 0.3) is 0 Å². The Morgan fingerprint density at radius 1 is 1.00 bits per heavy atom. The summed E-state index contributed by atoms with van der Waals surface area (Å²) in [6.07, 6.45) is -4.52. The third-order valence-electron chi connectivity index (χ3n) is 2.62. The number of carbonyl (C=O) groups excluding carboxylic acids is 1. The Morgan fingerprint density at radius 3 is 2.29 bits per heavy atom. The molecule has 0 aliphatic rings. The van der Waals surface area contributed by atoms with Gasteiger partial charge in [-0.3, -0.25) is 4.79 Å². The van der Waals surface area contributed by atoms with Crippen LogP contribution in [0.5, 0.6) is 0 Å². The number of hydrogen-bond donors (Lipinski definition) is 1. The highest BCUT2D eigenvalue weighted by Crippen LogP contribution is 2.36. The number of hydrogen-bond acceptors (Lipinski definition) is 1. The first-order valence-electron chi connectivity index (χ1n) is 5.71. The zero-order valence-corrected chi connectivity index (χ0v) is 14.7. The van der Waals surface area contributed by atoms with E-state index in [1.54, 1.807) is 46.9 Å². The molecular weight excluding hydrogens is 509 g/mol. The first-order chi connectivity index (χ1) is 9.77. The van der Waals surface area contributed by atoms with Crippen molar-refractivity contribution in [1.82, 2.24) is 0 Å². The first kappa shape index (κ1) is 16.5. The van der Waals surface area contributed by atoms with Crippen molar-refractivity contribution < 1.29 is 18.0 Å². The van der Waals surface area contributed by atoms with Gasteiger partial charge >= 0.3 is 6.18 Å². The molecule has 1 N–H and O–H groups in total. The van der Waals surface area contributed by atoms with Gasteiger partial charge in [0, 0.05) is 12.7 Å². The predicted molar refractivity (Wildman–Crippen MR) is 91.3 cm³/mol. The predicted octanol–water partition coefficient (Wildman–Crippen LogP) is 5.17. The van der Waals surface area contributed by atoms with Crippen LogP contribution in [0.4, 0.5) is 18.9 Å². The molecule has 7 heteroatoms. The van der Waals surface area contributed by atoms with Crippen LogP contribution in [0.3, 0.4) is 0 Å². The Kier molecular flexibility index (Phi) is 5.12. The van der Waals surface area contributed by atoms with E-state index in [1.807, 2.05) is 22.6 Å². The molecule has 2 rings (SSSR count). The third kappa shape index (κ3) is 4.31. The maximum Gasteiger partial charge on any atom is 0.418 e. The Bertz CT molecular complexity index is 686. The van der Waals surface area contributed by atoms with Crippen molar-refractivity contribution in [2.75, 3.05) is 5.32 Å². The molecule has 21 heavy (non-hydrogen) atoms. The largest absolute Gasteiger partial charge is 0.418 e. The zero-order valence-electron chi connectivity index (χ0n) is 10.3. The molecule has 0 aliphatic carbocycles. The summed E-state index contributed by atoms with van der Waals surface area (Å²) in [5, 5.41) is 2.32. The van der Waals surface area contributed by atoms with Crippen molar-refractivity contribution >= 4 is 56.8 Å². The number of carbonyl (C=O) groups is 1. The summed E-state index contributed by atoms with van der Waals surface area (Å²) in [5.41, 5.74) is -0.784. The van der Waals surface area contributed by atoms with Gasteiger partial charge in [0.25, 0.3) is 5.91 Å². The quantitative estimate of drug-likeness (QED) is 0.548. The van der Waals surface area contributed by atoms with Crippen LogP contribution in [0.15, 0.2) is 42.5 Å². The summed E-state index contributed by atoms with van der Waals surface area (Å²) in [6, 6.07) is 10.4. The fourth-order valence-electron chi connectivity index (χ4n) is 1.68. The van der Waals surface area contributed by atoms with Crippen molar-refractivity contribution in [1.29, 1.82) is 0 Å². The highest BCUT2D eigenvalue weighted by molar-refractivity contribution is 14.1. The maximum atomic E-state index is 13.0. The normalized spacial score (nSPS) is 11.3. The van der Waals surface area contributed by atoms with Crippen LogP contribution in [0.2, 0.25) is 0 Å². The molecule has 0 bridgehead atoms. The van der Waals surface area contributed by atoms with E-state index >= 15 is 0 Å². The van der Waals surface area contributed by atoms with Crippen LogP contribution >= 0.6 is 45.2 Å². The molecule has 2 aromatic carbocycles. The van der Waals surface area contributed by atoms with E-state index in [9.17, 15) is 18.0 Å². The van der Waals surface area contributed by atoms with Gasteiger partial charge < -0.3 is 5.32 Å². The number of amides is 1. The lowest BCUT2D eigenvalue weighted by Gasteiger charge is -2.14. The Hall–Kier alpha value is -0.840. The van der Waals surface area contributed by atoms with Crippen molar-refractivity contribution in [3.63, 3.8) is 0 Å². The van der Waals surface area contributed by atoms with Gasteiger partial charge in [0.2, 0.25) is 0 Å². The monoisotopic (exact) mass is 517 g/mol. The van der Waals surface area contributed by atoms with E-state index in [2.05, 4.69) is 5.32 Å². The van der Waals surface area contributed by atoms with Gasteiger partial charge in [0.05, 0.1) is 11.3 Å². The second kappa shape index (κ2) is 6.51. The second-order valence-corrected chi connectivity index (χ2v) is 6.64. The summed E-state index contributed by atoms with van der Waals surface area (Å²) in [5.74, 6) is -0.569. The number of alkyl halides is 3. The molecular formula is C14H8F3I2NO. The van der Waals surface area contributed by atoms with Gasteiger partial charge in [-0.05, 0) is 81.6 Å². The van der Waals surface area contributed by atoms with Crippen LogP contribution in [-0.4, -0.2) is 5.91 Å². The van der Waals surface area contributed by atoms with Crippen molar-refractivity contribution in [3.8, 4) is 0 Å². The Morgan fingerprint density at radius 2 is 1.67 bits per heavy atom. The summed E-state index contributed by atoms with van der Waals surface area (Å²) in [6.45, 7) is 0. The molecule has 0 aromatic heterocycles. The topological polar surface area (TPSA) is 29.1 Å². The van der Waals surface area contributed by atoms with Gasteiger partial charge in [0.1, 0.15) is 0 Å². The highest BCUT2D eigenvalue weighted by atomic mass is 127. The molecule has 0 aliphatic heterocycles. The van der Waals surface area contributed by atoms with E-state index in [4.69, 9.17) is 0 Å². The lowest BCUT2D eigenvalue weighted by Crippen LogP contribution is -2.17. The minimum absolute atomic E-state index is 0.244. The second-order valence-electron chi connectivity index (χ2n) is 4.15. The molecule has 0 heterocycles. The average molecular weight is 517 g/mol. The molecule has 0 unspecified atom stereocenters. The minimum atomic E-state index is -4.52. The van der Waals surface area contributed by atoms with Crippen LogP contribution in [0, 0.1) is 7.14 Å². The lowest BCUT2D eigenvalue weighted by molar-refractivity contribution is -0.137. The smallest absolute Gasteiger partial charge is 0.321 e. The highest BCUT2D eigenvalue weighted by Gasteiger charge is 2.34. The molecule has 0 spiro atoms. The fourth-order valence-corrected chi connectivity index (χ4v) is 2.72. The number of halogens is 5. The van der Waals surface area contributed by atoms with E-state index < -0.39 is 17.6 Å². The molecule has 2 nitrogen and oxygen atoms in total. The first-order valence-corrected chi connectivity index (χ1v) is 7.87. The van der Waals surface area contributed by atoms with E-state index in [1.165, 1.54) is 12.1 Å². The van der Waals surface area contributed by atoms with Crippen LogP contribution in [-0.2, 0) is 6.18 Å². The Labute approximate surface area is 146 Å². The van der Waals surface area contributed by atoms with Crippen molar-refractivity contribution in [2.45, 2.75) is 6.18 Å². The van der Waals surface area contributed by atoms with Crippen LogP contribution < -0.4 is 5.32 Å². The molecule has 1 amide bonds. The van der Waals surface area contributed by atoms with Gasteiger partial charge in [-0.1, -0.05) is 6.07 Å². The number of benzene rings is 2. The summed E-state index contributed by atoms with van der Waals surface area (Å²) in [7, 11) is 0. The third-order valence-corrected chi connectivity index (χ3v) is 3.96. The summed E-state index contributed by atoms with van der Waals surface area (Å²) >= 11 is 3.83. The summed E-state index contributed by atoms with van der Waals surface area (Å²) < 4.78 is 40.3. The van der Waals surface area contributed by atoms with E-state index in [0.717, 1.165) is 9.64 Å². The van der Waals surface area contributed by atoms with Crippen molar-refractivity contribution in [3.05, 3.63) is 60.7 Å². The van der Waals surface area contributed by atoms with Gasteiger partial charge in [0.15, 0.2) is 0 Å². The maximum absolute atomic E-state index is 13.0. The molecule has 0 saturated heterocycles. The number of anilines is 1. The van der Waals surface area contributed by atoms with E-state index in [-0.39, 0.29) is 5.69 Å². The molecule has 110 valence electrons. The molecule has 0 radical (unpaired) electrons.